The first-order chi connectivity index (χ1) is 9.31. The van der Waals surface area contributed by atoms with Crippen LogP contribution in [0.4, 0.5) is 5.69 Å². The maximum Gasteiger partial charge on any atom is 0.283 e. The summed E-state index contributed by atoms with van der Waals surface area (Å²) in [7, 11) is 3.86. The van der Waals surface area contributed by atoms with E-state index in [2.05, 4.69) is 26.3 Å². The van der Waals surface area contributed by atoms with Crippen molar-refractivity contribution < 1.29 is 4.79 Å². The maximum atomic E-state index is 12.1. The zero-order chi connectivity index (χ0) is 15.3. The van der Waals surface area contributed by atoms with Crippen LogP contribution in [-0.2, 0) is 11.3 Å². The lowest BCUT2D eigenvalue weighted by Crippen LogP contribution is -2.30. The Morgan fingerprint density at radius 3 is 2.80 bits per heavy atom. The van der Waals surface area contributed by atoms with Gasteiger partial charge in [-0.05, 0) is 36.9 Å². The highest BCUT2D eigenvalue weighted by atomic mass is 79.9. The fourth-order valence-electron chi connectivity index (χ4n) is 1.64. The Kier molecular flexibility index (Phi) is 6.15. The highest BCUT2D eigenvalue weighted by Gasteiger charge is 2.12. The number of nitrogens with one attached hydrogen (secondary N) is 1. The fourth-order valence-corrected chi connectivity index (χ4v) is 2.06. The van der Waals surface area contributed by atoms with Gasteiger partial charge in [0.25, 0.3) is 5.56 Å². The number of likely N-dealkylation sites (N-methyl/N-ethyl adjacent to an activating group) is 1. The zero-order valence-corrected chi connectivity index (χ0v) is 13.5. The molecule has 8 heteroatoms. The highest BCUT2D eigenvalue weighted by molar-refractivity contribution is 9.10. The number of amides is 1. The Bertz CT molecular complexity index is 529. The molecule has 0 radical (unpaired) electrons. The summed E-state index contributed by atoms with van der Waals surface area (Å²) in [5, 5.41) is 7.15. The second kappa shape index (κ2) is 7.39. The Labute approximate surface area is 126 Å². The van der Waals surface area contributed by atoms with Crippen LogP contribution in [0.25, 0.3) is 0 Å². The van der Waals surface area contributed by atoms with E-state index in [0.29, 0.717) is 16.7 Å². The summed E-state index contributed by atoms with van der Waals surface area (Å²) in [6.45, 7) is 3.06. The number of anilines is 1. The molecular weight excluding hydrogens is 326 g/mol. The van der Waals surface area contributed by atoms with Crippen LogP contribution < -0.4 is 16.6 Å². The second-order valence-electron chi connectivity index (χ2n) is 4.92. The summed E-state index contributed by atoms with van der Waals surface area (Å²) >= 11 is 3.27. The van der Waals surface area contributed by atoms with Crippen molar-refractivity contribution in [3.05, 3.63) is 21.0 Å². The molecule has 0 saturated carbocycles. The van der Waals surface area contributed by atoms with Gasteiger partial charge in [0.05, 0.1) is 18.4 Å². The van der Waals surface area contributed by atoms with Crippen LogP contribution in [0.5, 0.6) is 0 Å². The van der Waals surface area contributed by atoms with Gasteiger partial charge in [0.15, 0.2) is 0 Å². The number of aromatic nitrogens is 2. The average Bonchev–Trinajstić information content (AvgIpc) is 2.33. The maximum absolute atomic E-state index is 12.1. The Hall–Kier alpha value is -1.41. The van der Waals surface area contributed by atoms with Crippen LogP contribution in [-0.4, -0.2) is 47.3 Å². The molecule has 0 aromatic carbocycles. The lowest BCUT2D eigenvalue weighted by Gasteiger charge is -2.16. The minimum atomic E-state index is -0.395. The third kappa shape index (κ3) is 4.93. The smallest absolute Gasteiger partial charge is 0.283 e. The van der Waals surface area contributed by atoms with E-state index < -0.39 is 5.91 Å². The number of hydrogen-bond donors (Lipinski definition) is 2. The minimum absolute atomic E-state index is 0.164. The molecule has 1 rings (SSSR count). The van der Waals surface area contributed by atoms with E-state index in [1.54, 1.807) is 6.20 Å². The molecule has 7 nitrogen and oxygen atoms in total. The number of halogens is 1. The van der Waals surface area contributed by atoms with Gasteiger partial charge in [-0.3, -0.25) is 9.59 Å². The van der Waals surface area contributed by atoms with E-state index in [-0.39, 0.29) is 18.0 Å². The first-order valence-corrected chi connectivity index (χ1v) is 7.05. The van der Waals surface area contributed by atoms with Crippen LogP contribution in [0.15, 0.2) is 15.5 Å². The average molecular weight is 346 g/mol. The predicted molar refractivity (Wildman–Crippen MR) is 81.6 cm³/mol. The van der Waals surface area contributed by atoms with E-state index in [9.17, 15) is 9.59 Å². The fraction of sp³-hybridized carbons (Fsp3) is 0.583. The number of nitrogens with zero attached hydrogens (tertiary/aromatic N) is 3. The van der Waals surface area contributed by atoms with Gasteiger partial charge in [-0.1, -0.05) is 0 Å². The number of nitrogens with two attached hydrogens (primary N) is 1. The standard InChI is InChI=1S/C12H20BrN5O2/c1-8(6-10(14)19)16-9-7-15-18(5-4-17(2)3)12(20)11(9)13/h7-8,16H,4-6H2,1-3H3,(H2,14,19). The Morgan fingerprint density at radius 1 is 1.60 bits per heavy atom. The van der Waals surface area contributed by atoms with Gasteiger partial charge in [0, 0.05) is 19.0 Å². The van der Waals surface area contributed by atoms with E-state index in [1.807, 2.05) is 25.9 Å². The Balaban J connectivity index is 2.83. The molecule has 0 aliphatic carbocycles. The molecule has 1 aromatic rings. The molecule has 1 unspecified atom stereocenters. The van der Waals surface area contributed by atoms with Crippen molar-refractivity contribution >= 4 is 27.5 Å². The van der Waals surface area contributed by atoms with E-state index in [0.717, 1.165) is 6.54 Å². The summed E-state index contributed by atoms with van der Waals surface area (Å²) in [6.07, 6.45) is 1.76. The molecule has 0 spiro atoms. The van der Waals surface area contributed by atoms with E-state index in [1.165, 1.54) is 4.68 Å². The zero-order valence-electron chi connectivity index (χ0n) is 11.9. The summed E-state index contributed by atoms with van der Waals surface area (Å²) < 4.78 is 1.80. The number of carbonyl (C=O) groups is 1. The van der Waals surface area contributed by atoms with Crippen molar-refractivity contribution in [1.82, 2.24) is 14.7 Å². The van der Waals surface area contributed by atoms with Gasteiger partial charge < -0.3 is 16.0 Å². The molecular formula is C12H20BrN5O2. The quantitative estimate of drug-likeness (QED) is 0.738. The molecule has 112 valence electrons. The molecule has 3 N–H and O–H groups in total. The van der Waals surface area contributed by atoms with Crippen LogP contribution in [0, 0.1) is 0 Å². The lowest BCUT2D eigenvalue weighted by atomic mass is 10.2. The van der Waals surface area contributed by atoms with E-state index >= 15 is 0 Å². The molecule has 1 atom stereocenters. The van der Waals surface area contributed by atoms with Crippen LogP contribution in [0.1, 0.15) is 13.3 Å². The normalized spacial score (nSPS) is 12.4. The van der Waals surface area contributed by atoms with Crippen molar-refractivity contribution in [1.29, 1.82) is 0 Å². The van der Waals surface area contributed by atoms with Gasteiger partial charge >= 0.3 is 0 Å². The third-order valence-electron chi connectivity index (χ3n) is 2.65. The van der Waals surface area contributed by atoms with Crippen LogP contribution in [0.3, 0.4) is 0 Å². The largest absolute Gasteiger partial charge is 0.380 e. The molecule has 1 amide bonds. The van der Waals surface area contributed by atoms with Crippen molar-refractivity contribution in [2.45, 2.75) is 25.9 Å². The molecule has 0 bridgehead atoms. The molecule has 0 aliphatic heterocycles. The number of hydrogen-bond acceptors (Lipinski definition) is 5. The van der Waals surface area contributed by atoms with Crippen molar-refractivity contribution in [3.63, 3.8) is 0 Å². The minimum Gasteiger partial charge on any atom is -0.380 e. The molecule has 1 aromatic heterocycles. The predicted octanol–water partition coefficient (Wildman–Crippen LogP) is 0.243. The van der Waals surface area contributed by atoms with Crippen LogP contribution >= 0.6 is 15.9 Å². The summed E-state index contributed by atoms with van der Waals surface area (Å²) in [4.78, 5) is 24.9. The molecule has 0 fully saturated rings. The lowest BCUT2D eigenvalue weighted by molar-refractivity contribution is -0.118. The van der Waals surface area contributed by atoms with Gasteiger partial charge in [0.2, 0.25) is 5.91 Å². The molecule has 0 aliphatic rings. The second-order valence-corrected chi connectivity index (χ2v) is 5.71. The third-order valence-corrected chi connectivity index (χ3v) is 3.42. The first kappa shape index (κ1) is 16.6. The first-order valence-electron chi connectivity index (χ1n) is 6.26. The van der Waals surface area contributed by atoms with Crippen molar-refractivity contribution in [2.75, 3.05) is 26.0 Å². The number of carbonyl (C=O) groups excluding carboxylic acids is 1. The molecule has 0 saturated heterocycles. The Morgan fingerprint density at radius 2 is 2.25 bits per heavy atom. The summed E-state index contributed by atoms with van der Waals surface area (Å²) in [5.74, 6) is -0.395. The van der Waals surface area contributed by atoms with Crippen molar-refractivity contribution in [3.8, 4) is 0 Å². The topological polar surface area (TPSA) is 93.2 Å². The van der Waals surface area contributed by atoms with Gasteiger partial charge in [-0.25, -0.2) is 4.68 Å². The molecule has 20 heavy (non-hydrogen) atoms. The van der Waals surface area contributed by atoms with Crippen molar-refractivity contribution in [2.24, 2.45) is 5.73 Å². The van der Waals surface area contributed by atoms with E-state index in [4.69, 9.17) is 5.73 Å². The number of rotatable bonds is 7. The summed E-state index contributed by atoms with van der Waals surface area (Å²) in [6, 6.07) is -0.164. The van der Waals surface area contributed by atoms with Gasteiger partial charge in [0.1, 0.15) is 4.47 Å². The summed E-state index contributed by atoms with van der Waals surface area (Å²) in [5.41, 5.74) is 5.48. The SMILES string of the molecule is CC(CC(N)=O)Nc1cnn(CCN(C)C)c(=O)c1Br. The monoisotopic (exact) mass is 345 g/mol. The highest BCUT2D eigenvalue weighted by Crippen LogP contribution is 2.17. The van der Waals surface area contributed by atoms with Crippen LogP contribution in [0.2, 0.25) is 0 Å². The number of primary amides is 1. The van der Waals surface area contributed by atoms with Gasteiger partial charge in [-0.2, -0.15) is 5.10 Å². The van der Waals surface area contributed by atoms with Gasteiger partial charge in [-0.15, -0.1) is 0 Å². The molecule has 1 heterocycles.